The smallest absolute Gasteiger partial charge is 0.262 e. The number of ether oxygens (including phenoxy) is 2. The van der Waals surface area contributed by atoms with Crippen molar-refractivity contribution >= 4 is 17.5 Å². The third-order valence-electron chi connectivity index (χ3n) is 6.69. The molecular formula is C29H30N2O5. The van der Waals surface area contributed by atoms with Crippen molar-refractivity contribution in [2.24, 2.45) is 5.92 Å². The summed E-state index contributed by atoms with van der Waals surface area (Å²) in [5.41, 5.74) is 2.48. The minimum Gasteiger partial charge on any atom is -0.493 e. The highest BCUT2D eigenvalue weighted by atomic mass is 16.7. The molecule has 0 unspecified atom stereocenters. The van der Waals surface area contributed by atoms with Gasteiger partial charge >= 0.3 is 0 Å². The van der Waals surface area contributed by atoms with Gasteiger partial charge in [0.25, 0.3) is 5.91 Å². The summed E-state index contributed by atoms with van der Waals surface area (Å²) in [6.45, 7) is 2.93. The molecule has 2 aliphatic heterocycles. The fraction of sp³-hybridized carbons (Fsp3) is 0.310. The average molecular weight is 487 g/mol. The van der Waals surface area contributed by atoms with Crippen LogP contribution in [0.1, 0.15) is 36.9 Å². The van der Waals surface area contributed by atoms with Crippen molar-refractivity contribution in [3.05, 3.63) is 90.0 Å². The number of fused-ring (bicyclic) bond motifs is 1. The topological polar surface area (TPSA) is 68.3 Å². The highest BCUT2D eigenvalue weighted by molar-refractivity contribution is 6.07. The van der Waals surface area contributed by atoms with Gasteiger partial charge in [-0.1, -0.05) is 67.9 Å². The molecule has 7 heteroatoms. The van der Waals surface area contributed by atoms with Crippen LogP contribution in [0.3, 0.4) is 0 Å². The van der Waals surface area contributed by atoms with Gasteiger partial charge in [-0.25, -0.2) is 5.06 Å². The molecule has 3 aromatic carbocycles. The molecule has 186 valence electrons. The summed E-state index contributed by atoms with van der Waals surface area (Å²) in [4.78, 5) is 34.6. The lowest BCUT2D eigenvalue weighted by Crippen LogP contribution is -2.36. The van der Waals surface area contributed by atoms with E-state index in [0.717, 1.165) is 29.7 Å². The van der Waals surface area contributed by atoms with Gasteiger partial charge < -0.3 is 9.47 Å². The van der Waals surface area contributed by atoms with Crippen LogP contribution in [0.4, 0.5) is 5.69 Å². The van der Waals surface area contributed by atoms with Crippen LogP contribution in [0.25, 0.3) is 0 Å². The third-order valence-corrected chi connectivity index (χ3v) is 6.69. The number of nitrogens with zero attached hydrogens (tertiary/aromatic N) is 2. The van der Waals surface area contributed by atoms with Crippen molar-refractivity contribution in [1.82, 2.24) is 4.90 Å². The Hall–Kier alpha value is -3.84. The van der Waals surface area contributed by atoms with Gasteiger partial charge in [0.1, 0.15) is 5.92 Å². The van der Waals surface area contributed by atoms with Crippen LogP contribution in [0.5, 0.6) is 11.5 Å². The van der Waals surface area contributed by atoms with E-state index in [1.54, 1.807) is 12.2 Å². The second-order valence-electron chi connectivity index (χ2n) is 9.02. The third kappa shape index (κ3) is 4.42. The Kier molecular flexibility index (Phi) is 6.91. The Morgan fingerprint density at radius 3 is 2.31 bits per heavy atom. The van der Waals surface area contributed by atoms with Crippen molar-refractivity contribution in [1.29, 1.82) is 0 Å². The molecule has 0 N–H and O–H groups in total. The number of hydrogen-bond acceptors (Lipinski definition) is 6. The zero-order valence-corrected chi connectivity index (χ0v) is 20.5. The minimum absolute atomic E-state index is 0.223. The number of anilines is 1. The Labute approximate surface area is 211 Å². The molecule has 0 aromatic heterocycles. The molecule has 36 heavy (non-hydrogen) atoms. The zero-order chi connectivity index (χ0) is 25.1. The van der Waals surface area contributed by atoms with Gasteiger partial charge in [-0.2, -0.15) is 0 Å². The normalized spacial score (nSPS) is 21.1. The Bertz CT molecular complexity index is 1220. The molecule has 0 aliphatic carbocycles. The first-order valence-corrected chi connectivity index (χ1v) is 12.3. The standard InChI is InChI=1S/C29H30N2O5/c1-3-4-17-35-23-16-15-21(18-24(23)34-2)26-25-27(36-31(26)22-13-9-6-10-14-22)29(33)30(28(25)32)19-20-11-7-5-8-12-20/h5-16,18,25-27H,3-4,17,19H2,1-2H3/t25-,26+,27-/m1/s1. The number of imide groups is 1. The number of amides is 2. The van der Waals surface area contributed by atoms with Crippen molar-refractivity contribution < 1.29 is 23.9 Å². The highest BCUT2D eigenvalue weighted by Crippen LogP contribution is 2.48. The number of hydrogen-bond donors (Lipinski definition) is 0. The molecular weight excluding hydrogens is 456 g/mol. The van der Waals surface area contributed by atoms with Crippen LogP contribution in [0, 0.1) is 5.92 Å². The lowest BCUT2D eigenvalue weighted by atomic mass is 9.90. The van der Waals surface area contributed by atoms with E-state index < -0.39 is 18.1 Å². The van der Waals surface area contributed by atoms with Gasteiger partial charge in [0.05, 0.1) is 32.0 Å². The van der Waals surface area contributed by atoms with Crippen LogP contribution in [-0.4, -0.2) is 36.5 Å². The molecule has 0 radical (unpaired) electrons. The maximum absolute atomic E-state index is 13.7. The Morgan fingerprint density at radius 2 is 1.61 bits per heavy atom. The van der Waals surface area contributed by atoms with E-state index in [4.69, 9.17) is 14.3 Å². The average Bonchev–Trinajstić information content (AvgIpc) is 3.42. The number of benzene rings is 3. The molecule has 3 atom stereocenters. The fourth-order valence-corrected chi connectivity index (χ4v) is 4.85. The monoisotopic (exact) mass is 486 g/mol. The first-order chi connectivity index (χ1) is 17.6. The molecule has 3 aromatic rings. The predicted molar refractivity (Wildman–Crippen MR) is 135 cm³/mol. The van der Waals surface area contributed by atoms with Crippen molar-refractivity contribution in [2.45, 2.75) is 38.5 Å². The Balaban J connectivity index is 1.50. The van der Waals surface area contributed by atoms with E-state index in [-0.39, 0.29) is 18.4 Å². The maximum atomic E-state index is 13.7. The van der Waals surface area contributed by atoms with E-state index in [9.17, 15) is 9.59 Å². The SMILES string of the molecule is CCCCOc1ccc([C@H]2[C@H]3C(=O)N(Cc4ccccc4)C(=O)[C@@H]3ON2c2ccccc2)cc1OC. The summed E-state index contributed by atoms with van der Waals surface area (Å²) in [6.07, 6.45) is 1.09. The minimum atomic E-state index is -0.891. The van der Waals surface area contributed by atoms with Crippen molar-refractivity contribution in [3.8, 4) is 11.5 Å². The fourth-order valence-electron chi connectivity index (χ4n) is 4.85. The number of carbonyl (C=O) groups is 2. The molecule has 2 fully saturated rings. The van der Waals surface area contributed by atoms with Crippen molar-refractivity contribution in [3.63, 3.8) is 0 Å². The van der Waals surface area contributed by atoms with E-state index in [2.05, 4.69) is 6.92 Å². The number of carbonyl (C=O) groups excluding carboxylic acids is 2. The van der Waals surface area contributed by atoms with Gasteiger partial charge in [0, 0.05) is 0 Å². The van der Waals surface area contributed by atoms with E-state index in [1.807, 2.05) is 78.9 Å². The lowest BCUT2D eigenvalue weighted by molar-refractivity contribution is -0.143. The van der Waals surface area contributed by atoms with Gasteiger partial charge in [0.2, 0.25) is 5.91 Å². The number of rotatable bonds is 9. The largest absolute Gasteiger partial charge is 0.493 e. The van der Waals surface area contributed by atoms with Crippen LogP contribution in [0.15, 0.2) is 78.9 Å². The lowest BCUT2D eigenvalue weighted by Gasteiger charge is -2.29. The number of para-hydroxylation sites is 1. The van der Waals surface area contributed by atoms with E-state index in [0.29, 0.717) is 18.1 Å². The van der Waals surface area contributed by atoms with Gasteiger partial charge in [-0.15, -0.1) is 0 Å². The molecule has 2 heterocycles. The summed E-state index contributed by atoms with van der Waals surface area (Å²) in [5, 5.41) is 1.69. The predicted octanol–water partition coefficient (Wildman–Crippen LogP) is 4.92. The zero-order valence-electron chi connectivity index (χ0n) is 20.5. The molecule has 5 rings (SSSR count). The van der Waals surface area contributed by atoms with Crippen molar-refractivity contribution in [2.75, 3.05) is 18.8 Å². The quantitative estimate of drug-likeness (QED) is 0.316. The molecule has 0 bridgehead atoms. The Morgan fingerprint density at radius 1 is 0.889 bits per heavy atom. The van der Waals surface area contributed by atoms with E-state index >= 15 is 0 Å². The summed E-state index contributed by atoms with van der Waals surface area (Å²) >= 11 is 0. The number of hydroxylamine groups is 1. The summed E-state index contributed by atoms with van der Waals surface area (Å²) < 4.78 is 11.5. The summed E-state index contributed by atoms with van der Waals surface area (Å²) in [6, 6.07) is 24.2. The van der Waals surface area contributed by atoms with E-state index in [1.165, 1.54) is 4.90 Å². The number of methoxy groups -OCH3 is 1. The van der Waals surface area contributed by atoms with Crippen LogP contribution in [-0.2, 0) is 21.0 Å². The second-order valence-corrected chi connectivity index (χ2v) is 9.02. The summed E-state index contributed by atoms with van der Waals surface area (Å²) in [5.74, 6) is -0.00444. The first-order valence-electron chi connectivity index (χ1n) is 12.3. The van der Waals surface area contributed by atoms with Crippen LogP contribution >= 0.6 is 0 Å². The second kappa shape index (κ2) is 10.4. The van der Waals surface area contributed by atoms with Gasteiger partial charge in [-0.3, -0.25) is 19.3 Å². The van der Waals surface area contributed by atoms with Gasteiger partial charge in [-0.05, 0) is 41.8 Å². The van der Waals surface area contributed by atoms with Gasteiger partial charge in [0.15, 0.2) is 17.6 Å². The molecule has 0 saturated carbocycles. The number of unbranched alkanes of at least 4 members (excludes halogenated alkanes) is 1. The molecule has 2 aliphatic rings. The molecule has 0 spiro atoms. The van der Waals surface area contributed by atoms with Crippen LogP contribution < -0.4 is 14.5 Å². The molecule has 7 nitrogen and oxygen atoms in total. The molecule has 2 saturated heterocycles. The first kappa shape index (κ1) is 23.9. The highest BCUT2D eigenvalue weighted by Gasteiger charge is 2.59. The number of likely N-dealkylation sites (tertiary alicyclic amines) is 1. The molecule has 2 amide bonds. The summed E-state index contributed by atoms with van der Waals surface area (Å²) in [7, 11) is 1.60. The van der Waals surface area contributed by atoms with Crippen LogP contribution in [0.2, 0.25) is 0 Å². The maximum Gasteiger partial charge on any atom is 0.262 e.